The molecule has 2 saturated heterocycles. The zero-order valence-electron chi connectivity index (χ0n) is 22.4. The Balaban J connectivity index is 1.33. The number of ether oxygens (including phenoxy) is 2. The number of alkyl halides is 1. The number of hydrogen-bond donors (Lipinski definition) is 2. The fraction of sp³-hybridized carbons (Fsp3) is 0.536. The molecule has 2 aliphatic rings. The van der Waals surface area contributed by atoms with E-state index in [2.05, 4.69) is 45.1 Å². The van der Waals surface area contributed by atoms with E-state index in [1.165, 1.54) is 12.5 Å². The SMILES string of the molecule is CC(C)c1ccc(OCCN2CCOCC2)c2cnc(Nc3ccnc(N4CC[C@](C)(O)[C@H](F)C4)n3)cc12. The number of rotatable bonds is 8. The maximum absolute atomic E-state index is 14.4. The van der Waals surface area contributed by atoms with Crippen LogP contribution >= 0.6 is 0 Å². The number of nitrogens with one attached hydrogen (secondary N) is 1. The molecule has 3 aromatic rings. The number of halogens is 1. The van der Waals surface area contributed by atoms with Crippen LogP contribution in [0, 0.1) is 0 Å². The van der Waals surface area contributed by atoms with Crippen LogP contribution in [0.25, 0.3) is 10.8 Å². The number of pyridine rings is 1. The van der Waals surface area contributed by atoms with E-state index >= 15 is 0 Å². The molecular formula is C28H37FN6O3. The van der Waals surface area contributed by atoms with Gasteiger partial charge in [-0.15, -0.1) is 0 Å². The van der Waals surface area contributed by atoms with Crippen LogP contribution < -0.4 is 15.0 Å². The first kappa shape index (κ1) is 26.5. The molecule has 2 aromatic heterocycles. The minimum atomic E-state index is -1.36. The van der Waals surface area contributed by atoms with Crippen LogP contribution in [-0.2, 0) is 4.74 Å². The summed E-state index contributed by atoms with van der Waals surface area (Å²) in [5, 5.41) is 15.5. The number of benzene rings is 1. The summed E-state index contributed by atoms with van der Waals surface area (Å²) >= 11 is 0. The van der Waals surface area contributed by atoms with Gasteiger partial charge in [0.1, 0.15) is 30.2 Å². The minimum absolute atomic E-state index is 0.0523. The molecule has 0 amide bonds. The average molecular weight is 525 g/mol. The Labute approximate surface area is 223 Å². The number of fused-ring (bicyclic) bond motifs is 1. The summed E-state index contributed by atoms with van der Waals surface area (Å²) in [4.78, 5) is 17.7. The lowest BCUT2D eigenvalue weighted by molar-refractivity contribution is -0.0332. The molecule has 0 spiro atoms. The van der Waals surface area contributed by atoms with Crippen LogP contribution in [0.2, 0.25) is 0 Å². The van der Waals surface area contributed by atoms with Crippen molar-refractivity contribution >= 4 is 28.4 Å². The van der Waals surface area contributed by atoms with E-state index in [1.54, 1.807) is 17.2 Å². The highest BCUT2D eigenvalue weighted by Gasteiger charge is 2.38. The highest BCUT2D eigenvalue weighted by atomic mass is 19.1. The van der Waals surface area contributed by atoms with Crippen molar-refractivity contribution in [2.45, 2.75) is 44.9 Å². The van der Waals surface area contributed by atoms with Crippen molar-refractivity contribution in [1.29, 1.82) is 0 Å². The molecule has 38 heavy (non-hydrogen) atoms. The van der Waals surface area contributed by atoms with Gasteiger partial charge in [-0.1, -0.05) is 19.9 Å². The topological polar surface area (TPSA) is 95.9 Å². The van der Waals surface area contributed by atoms with E-state index in [0.717, 1.165) is 49.4 Å². The molecule has 10 heteroatoms. The van der Waals surface area contributed by atoms with Gasteiger partial charge in [-0.2, -0.15) is 4.98 Å². The monoisotopic (exact) mass is 524 g/mol. The number of aromatic nitrogens is 3. The lowest BCUT2D eigenvalue weighted by atomic mass is 9.92. The highest BCUT2D eigenvalue weighted by molar-refractivity contribution is 5.92. The summed E-state index contributed by atoms with van der Waals surface area (Å²) in [6, 6.07) is 7.95. The third kappa shape index (κ3) is 5.98. The molecular weight excluding hydrogens is 487 g/mol. The van der Waals surface area contributed by atoms with Crippen LogP contribution in [0.4, 0.5) is 22.0 Å². The van der Waals surface area contributed by atoms with Crippen LogP contribution in [0.3, 0.4) is 0 Å². The largest absolute Gasteiger partial charge is 0.492 e. The molecule has 0 aliphatic carbocycles. The predicted octanol–water partition coefficient (Wildman–Crippen LogP) is 3.90. The Morgan fingerprint density at radius 3 is 2.74 bits per heavy atom. The zero-order chi connectivity index (χ0) is 26.7. The molecule has 0 saturated carbocycles. The first-order chi connectivity index (χ1) is 18.3. The van der Waals surface area contributed by atoms with Gasteiger partial charge in [-0.05, 0) is 48.4 Å². The van der Waals surface area contributed by atoms with E-state index in [-0.39, 0.29) is 6.54 Å². The second-order valence-electron chi connectivity index (χ2n) is 10.6. The summed E-state index contributed by atoms with van der Waals surface area (Å²) in [6.07, 6.45) is 2.44. The lowest BCUT2D eigenvalue weighted by Gasteiger charge is -2.38. The fourth-order valence-corrected chi connectivity index (χ4v) is 4.93. The average Bonchev–Trinajstić information content (AvgIpc) is 2.91. The minimum Gasteiger partial charge on any atom is -0.492 e. The van der Waals surface area contributed by atoms with Gasteiger partial charge in [-0.3, -0.25) is 4.90 Å². The van der Waals surface area contributed by atoms with Crippen LogP contribution in [0.1, 0.15) is 38.7 Å². The molecule has 2 N–H and O–H groups in total. The molecule has 1 aromatic carbocycles. The van der Waals surface area contributed by atoms with Crippen LogP contribution in [0.5, 0.6) is 5.75 Å². The zero-order valence-corrected chi connectivity index (χ0v) is 22.4. The van der Waals surface area contributed by atoms with Crippen LogP contribution in [-0.4, -0.2) is 89.3 Å². The molecule has 2 fully saturated rings. The Bertz CT molecular complexity index is 1250. The van der Waals surface area contributed by atoms with Crippen molar-refractivity contribution in [1.82, 2.24) is 19.9 Å². The van der Waals surface area contributed by atoms with E-state index in [1.807, 2.05) is 18.3 Å². The summed E-state index contributed by atoms with van der Waals surface area (Å²) < 4.78 is 26.0. The number of aliphatic hydroxyl groups is 1. The van der Waals surface area contributed by atoms with Gasteiger partial charge >= 0.3 is 0 Å². The van der Waals surface area contributed by atoms with Crippen molar-refractivity contribution in [3.63, 3.8) is 0 Å². The molecule has 4 heterocycles. The fourth-order valence-electron chi connectivity index (χ4n) is 4.93. The Hall–Kier alpha value is -3.08. The van der Waals surface area contributed by atoms with Crippen LogP contribution in [0.15, 0.2) is 36.7 Å². The molecule has 9 nitrogen and oxygen atoms in total. The maximum atomic E-state index is 14.4. The number of morpholine rings is 1. The van der Waals surface area contributed by atoms with E-state index < -0.39 is 11.8 Å². The van der Waals surface area contributed by atoms with Crippen molar-refractivity contribution in [3.8, 4) is 5.75 Å². The normalized spacial score (nSPS) is 22.7. The van der Waals surface area contributed by atoms with E-state index in [0.29, 0.717) is 43.1 Å². The van der Waals surface area contributed by atoms with Gasteiger partial charge < -0.3 is 24.8 Å². The van der Waals surface area contributed by atoms with Crippen molar-refractivity contribution in [3.05, 3.63) is 42.2 Å². The van der Waals surface area contributed by atoms with Gasteiger partial charge in [0.25, 0.3) is 0 Å². The summed E-state index contributed by atoms with van der Waals surface area (Å²) in [7, 11) is 0. The molecule has 5 rings (SSSR count). The van der Waals surface area contributed by atoms with Crippen molar-refractivity contribution in [2.75, 3.05) is 62.8 Å². The molecule has 0 bridgehead atoms. The quantitative estimate of drug-likeness (QED) is 0.455. The summed E-state index contributed by atoms with van der Waals surface area (Å²) in [5.74, 6) is 2.79. The highest BCUT2D eigenvalue weighted by Crippen LogP contribution is 2.34. The van der Waals surface area contributed by atoms with Crippen molar-refractivity contribution < 1.29 is 19.0 Å². The van der Waals surface area contributed by atoms with Gasteiger partial charge in [0.15, 0.2) is 0 Å². The first-order valence-electron chi connectivity index (χ1n) is 13.4. The Kier molecular flexibility index (Phi) is 7.92. The number of hydrogen-bond acceptors (Lipinski definition) is 9. The molecule has 204 valence electrons. The lowest BCUT2D eigenvalue weighted by Crippen LogP contribution is -2.52. The number of piperidine rings is 1. The number of nitrogens with zero attached hydrogens (tertiary/aromatic N) is 5. The third-order valence-electron chi connectivity index (χ3n) is 7.41. The molecule has 2 aliphatic heterocycles. The smallest absolute Gasteiger partial charge is 0.227 e. The van der Waals surface area contributed by atoms with E-state index in [4.69, 9.17) is 9.47 Å². The number of anilines is 3. The maximum Gasteiger partial charge on any atom is 0.227 e. The molecule has 0 radical (unpaired) electrons. The third-order valence-corrected chi connectivity index (χ3v) is 7.41. The standard InChI is InChI=1S/C28H37FN6O3/c1-19(2)20-4-5-23(38-15-12-34-10-13-37-14-11-34)22-17-31-26(16-21(20)22)32-25-6-8-30-27(33-25)35-9-7-28(3,36)24(29)18-35/h4-6,8,16-17,19,24,36H,7,9-15,18H2,1-3H3,(H,30,31,32,33)/t24-,28+/m1/s1. The Morgan fingerprint density at radius 2 is 1.97 bits per heavy atom. The van der Waals surface area contributed by atoms with Gasteiger partial charge in [0, 0.05) is 44.0 Å². The van der Waals surface area contributed by atoms with Crippen molar-refractivity contribution in [2.24, 2.45) is 0 Å². The van der Waals surface area contributed by atoms with Gasteiger partial charge in [-0.25, -0.2) is 14.4 Å². The summed E-state index contributed by atoms with van der Waals surface area (Å²) in [6.45, 7) is 11.3. The molecule has 0 unspecified atom stereocenters. The first-order valence-corrected chi connectivity index (χ1v) is 13.4. The van der Waals surface area contributed by atoms with E-state index in [9.17, 15) is 9.50 Å². The van der Waals surface area contributed by atoms with Gasteiger partial charge in [0.2, 0.25) is 5.95 Å². The predicted molar refractivity (Wildman–Crippen MR) is 146 cm³/mol. The molecule has 2 atom stereocenters. The Morgan fingerprint density at radius 1 is 1.16 bits per heavy atom. The summed E-state index contributed by atoms with van der Waals surface area (Å²) in [5.41, 5.74) is -0.107. The second kappa shape index (κ2) is 11.3. The van der Waals surface area contributed by atoms with Gasteiger partial charge in [0.05, 0.1) is 25.4 Å². The second-order valence-corrected chi connectivity index (χ2v) is 10.6.